The van der Waals surface area contributed by atoms with Crippen molar-refractivity contribution < 1.29 is 19.4 Å². The Morgan fingerprint density at radius 1 is 1.10 bits per heavy atom. The van der Waals surface area contributed by atoms with E-state index in [0.29, 0.717) is 5.76 Å². The summed E-state index contributed by atoms with van der Waals surface area (Å²) < 4.78 is 6.67. The normalized spacial score (nSPS) is 10.3. The van der Waals surface area contributed by atoms with Crippen LogP contribution in [0.15, 0.2) is 76.2 Å². The molecule has 0 aliphatic rings. The van der Waals surface area contributed by atoms with E-state index in [-0.39, 0.29) is 23.6 Å². The third-order valence-corrected chi connectivity index (χ3v) is 4.35. The number of aromatic hydroxyl groups is 1. The fourth-order valence-electron chi connectivity index (χ4n) is 2.81. The summed E-state index contributed by atoms with van der Waals surface area (Å²) in [6.07, 6.45) is 2.86. The summed E-state index contributed by atoms with van der Waals surface area (Å²) >= 11 is 0. The van der Waals surface area contributed by atoms with E-state index >= 15 is 0 Å². The molecule has 0 amide bonds. The minimum atomic E-state index is -1.01. The maximum atomic E-state index is 12.8. The van der Waals surface area contributed by atoms with Gasteiger partial charge in [-0.25, -0.2) is 19.3 Å². The van der Waals surface area contributed by atoms with Crippen LogP contribution in [0, 0.1) is 12.0 Å². The van der Waals surface area contributed by atoms with Crippen LogP contribution in [0.4, 0.5) is 0 Å². The number of oxazole rings is 1. The van der Waals surface area contributed by atoms with Crippen LogP contribution >= 0.6 is 0 Å². The van der Waals surface area contributed by atoms with Crippen LogP contribution in [0.25, 0.3) is 22.9 Å². The van der Waals surface area contributed by atoms with Gasteiger partial charge in [0, 0.05) is 18.0 Å². The largest absolute Gasteiger partial charge is 0.492 e. The molecule has 0 aliphatic carbocycles. The van der Waals surface area contributed by atoms with E-state index in [1.165, 1.54) is 18.3 Å². The fourth-order valence-corrected chi connectivity index (χ4v) is 2.81. The minimum Gasteiger partial charge on any atom is -0.492 e. The van der Waals surface area contributed by atoms with Crippen LogP contribution in [0.1, 0.15) is 15.9 Å². The number of benzene rings is 2. The molecule has 0 aliphatic heterocycles. The molecule has 2 aromatic heterocycles. The molecule has 4 rings (SSSR count). The summed E-state index contributed by atoms with van der Waals surface area (Å²) in [7, 11) is 0. The second-order valence-electron chi connectivity index (χ2n) is 6.49. The molecular formula is C23H15N3O5. The van der Waals surface area contributed by atoms with E-state index in [2.05, 4.69) is 21.9 Å². The van der Waals surface area contributed by atoms with E-state index in [1.54, 1.807) is 12.1 Å². The van der Waals surface area contributed by atoms with Crippen LogP contribution in [0.2, 0.25) is 0 Å². The van der Waals surface area contributed by atoms with Crippen LogP contribution in [-0.2, 0) is 6.42 Å². The molecule has 0 saturated heterocycles. The Labute approximate surface area is 176 Å². The van der Waals surface area contributed by atoms with Crippen molar-refractivity contribution in [3.05, 3.63) is 88.5 Å². The van der Waals surface area contributed by atoms with Crippen LogP contribution in [-0.4, -0.2) is 30.7 Å². The lowest BCUT2D eigenvalue weighted by molar-refractivity contribution is 0.0697. The predicted molar refractivity (Wildman–Crippen MR) is 111 cm³/mol. The highest BCUT2D eigenvalue weighted by atomic mass is 16.4. The maximum Gasteiger partial charge on any atom is 0.335 e. The van der Waals surface area contributed by atoms with Crippen molar-refractivity contribution in [3.8, 4) is 40.8 Å². The van der Waals surface area contributed by atoms with Crippen molar-refractivity contribution in [2.45, 2.75) is 6.42 Å². The van der Waals surface area contributed by atoms with Gasteiger partial charge < -0.3 is 14.6 Å². The van der Waals surface area contributed by atoms with Crippen LogP contribution < -0.4 is 5.56 Å². The van der Waals surface area contributed by atoms with Gasteiger partial charge in [-0.15, -0.1) is 0 Å². The molecular weight excluding hydrogens is 398 g/mol. The first-order valence-electron chi connectivity index (χ1n) is 9.16. The fraction of sp³-hybridized carbons (Fsp3) is 0.0435. The van der Waals surface area contributed by atoms with Crippen molar-refractivity contribution in [1.82, 2.24) is 14.5 Å². The van der Waals surface area contributed by atoms with Crippen LogP contribution in [0.5, 0.6) is 5.88 Å². The van der Waals surface area contributed by atoms with E-state index in [1.807, 2.05) is 30.3 Å². The number of hydrogen-bond donors (Lipinski definition) is 2. The Bertz CT molecular complexity index is 1360. The first kappa shape index (κ1) is 19.7. The summed E-state index contributed by atoms with van der Waals surface area (Å²) in [4.78, 5) is 31.6. The number of nitrogens with zero attached hydrogens (tertiary/aromatic N) is 3. The van der Waals surface area contributed by atoms with Gasteiger partial charge in [-0.05, 0) is 17.7 Å². The maximum absolute atomic E-state index is 12.8. The Balaban J connectivity index is 1.60. The third-order valence-electron chi connectivity index (χ3n) is 4.35. The lowest BCUT2D eigenvalue weighted by atomic mass is 10.1. The Kier molecular flexibility index (Phi) is 5.32. The van der Waals surface area contributed by atoms with Crippen molar-refractivity contribution in [2.24, 2.45) is 0 Å². The average molecular weight is 413 g/mol. The Hall–Kier alpha value is -4.64. The first-order valence-corrected chi connectivity index (χ1v) is 9.16. The number of rotatable bonds is 4. The topological polar surface area (TPSA) is 118 Å². The summed E-state index contributed by atoms with van der Waals surface area (Å²) in [5, 5.41) is 18.9. The van der Waals surface area contributed by atoms with E-state index in [0.717, 1.165) is 21.9 Å². The van der Waals surface area contributed by atoms with E-state index in [9.17, 15) is 14.7 Å². The lowest BCUT2D eigenvalue weighted by Gasteiger charge is -2.00. The highest BCUT2D eigenvalue weighted by Gasteiger charge is 2.16. The SMILES string of the molecule is O=C(O)c1ccc(CC#Cn2cc(O)nc(-c3ncc(-c4ccccc4)o3)c2=O)cc1. The summed E-state index contributed by atoms with van der Waals surface area (Å²) in [5.74, 6) is 1.84. The van der Waals surface area contributed by atoms with Gasteiger partial charge in [0.25, 0.3) is 11.4 Å². The molecule has 0 bridgehead atoms. The smallest absolute Gasteiger partial charge is 0.335 e. The van der Waals surface area contributed by atoms with Crippen molar-refractivity contribution >= 4 is 5.97 Å². The van der Waals surface area contributed by atoms with Gasteiger partial charge in [0.2, 0.25) is 5.88 Å². The minimum absolute atomic E-state index is 0.0282. The highest BCUT2D eigenvalue weighted by Crippen LogP contribution is 2.24. The molecule has 8 heteroatoms. The monoisotopic (exact) mass is 413 g/mol. The average Bonchev–Trinajstić information content (AvgIpc) is 3.27. The predicted octanol–water partition coefficient (Wildman–Crippen LogP) is 3.02. The second kappa shape index (κ2) is 8.39. The standard InChI is InChI=1S/C23H15N3O5/c27-19-14-26(12-4-5-15-8-10-17(11-9-15)23(29)30)22(28)20(25-19)21-24-13-18(31-21)16-6-2-1-3-7-16/h1-3,6-11,13-14,27H,5H2,(H,29,30). The zero-order chi connectivity index (χ0) is 21.8. The number of hydrogen-bond acceptors (Lipinski definition) is 6. The second-order valence-corrected chi connectivity index (χ2v) is 6.49. The summed E-state index contributed by atoms with van der Waals surface area (Å²) in [6.45, 7) is 0. The van der Waals surface area contributed by atoms with Gasteiger partial charge in [0.05, 0.1) is 18.0 Å². The number of carboxylic acids is 1. The van der Waals surface area contributed by atoms with Gasteiger partial charge in [-0.1, -0.05) is 48.4 Å². The first-order chi connectivity index (χ1) is 15.0. The molecule has 2 N–H and O–H groups in total. The Morgan fingerprint density at radius 3 is 2.55 bits per heavy atom. The number of carbonyl (C=O) groups is 1. The summed E-state index contributed by atoms with van der Waals surface area (Å²) in [5.41, 5.74) is 0.993. The molecule has 0 saturated carbocycles. The van der Waals surface area contributed by atoms with Gasteiger partial charge in [-0.2, -0.15) is 0 Å². The van der Waals surface area contributed by atoms with Gasteiger partial charge in [-0.3, -0.25) is 4.79 Å². The molecule has 31 heavy (non-hydrogen) atoms. The molecule has 152 valence electrons. The third kappa shape index (κ3) is 4.36. The molecule has 2 aromatic carbocycles. The van der Waals surface area contributed by atoms with Crippen molar-refractivity contribution in [2.75, 3.05) is 0 Å². The number of carboxylic acid groups (broad SMARTS) is 1. The number of aromatic nitrogens is 3. The summed E-state index contributed by atoms with van der Waals surface area (Å²) in [6, 6.07) is 18.2. The molecule has 0 spiro atoms. The molecule has 0 radical (unpaired) electrons. The van der Waals surface area contributed by atoms with Crippen molar-refractivity contribution in [3.63, 3.8) is 0 Å². The molecule has 0 fully saturated rings. The zero-order valence-electron chi connectivity index (χ0n) is 16.0. The van der Waals surface area contributed by atoms with Gasteiger partial charge in [0.1, 0.15) is 0 Å². The van der Waals surface area contributed by atoms with Gasteiger partial charge >= 0.3 is 5.97 Å². The number of aromatic carboxylic acids is 1. The Morgan fingerprint density at radius 2 is 1.84 bits per heavy atom. The molecule has 0 unspecified atom stereocenters. The molecule has 0 atom stereocenters. The quantitative estimate of drug-likeness (QED) is 0.494. The van der Waals surface area contributed by atoms with Crippen LogP contribution in [0.3, 0.4) is 0 Å². The molecule has 2 heterocycles. The molecule has 4 aromatic rings. The lowest BCUT2D eigenvalue weighted by Crippen LogP contribution is -2.19. The van der Waals surface area contributed by atoms with E-state index in [4.69, 9.17) is 9.52 Å². The zero-order valence-corrected chi connectivity index (χ0v) is 16.0. The molecule has 8 nitrogen and oxygen atoms in total. The van der Waals surface area contributed by atoms with Gasteiger partial charge in [0.15, 0.2) is 11.5 Å². The highest BCUT2D eigenvalue weighted by molar-refractivity contribution is 5.87. The van der Waals surface area contributed by atoms with Crippen molar-refractivity contribution in [1.29, 1.82) is 0 Å². The van der Waals surface area contributed by atoms with E-state index < -0.39 is 17.4 Å².